The molecule has 4 heteroatoms. The fourth-order valence-electron chi connectivity index (χ4n) is 3.10. The smallest absolute Gasteiger partial charge is 0.275 e. The zero-order chi connectivity index (χ0) is 13.2. The highest BCUT2D eigenvalue weighted by molar-refractivity contribution is 5.94. The van der Waals surface area contributed by atoms with Gasteiger partial charge in [-0.15, -0.1) is 0 Å². The van der Waals surface area contributed by atoms with Gasteiger partial charge in [0.15, 0.2) is 5.69 Å². The van der Waals surface area contributed by atoms with Crippen molar-refractivity contribution in [2.75, 3.05) is 6.54 Å². The summed E-state index contributed by atoms with van der Waals surface area (Å²) >= 11 is 0. The number of carbonyl (C=O) groups is 1. The Morgan fingerprint density at radius 3 is 3.26 bits per heavy atom. The zero-order valence-corrected chi connectivity index (χ0v) is 11.5. The van der Waals surface area contributed by atoms with Crippen LogP contribution in [0.2, 0.25) is 0 Å². The molecule has 0 radical (unpaired) electrons. The van der Waals surface area contributed by atoms with E-state index in [1.165, 1.54) is 12.1 Å². The molecule has 1 atom stereocenters. The normalized spacial score (nSPS) is 21.1. The summed E-state index contributed by atoms with van der Waals surface area (Å²) < 4.78 is 0. The van der Waals surface area contributed by atoms with Crippen LogP contribution in [0.3, 0.4) is 0 Å². The molecule has 1 aromatic rings. The minimum atomic E-state index is 0.102. The number of nitrogens with one attached hydrogen (secondary N) is 1. The predicted octanol–water partition coefficient (Wildman–Crippen LogP) is 2.47. The van der Waals surface area contributed by atoms with Crippen LogP contribution in [-0.4, -0.2) is 33.6 Å². The molecule has 1 aromatic heterocycles. The molecule has 3 rings (SSSR count). The summed E-state index contributed by atoms with van der Waals surface area (Å²) in [6, 6.07) is 0.265. The molecule has 4 nitrogen and oxygen atoms in total. The van der Waals surface area contributed by atoms with Gasteiger partial charge in [-0.2, -0.15) is 5.10 Å². The SMILES string of the molecule is CCCC[C@H]1C=CCN1C(=O)c1n[nH]c2c1CCC2. The Kier molecular flexibility index (Phi) is 3.40. The van der Waals surface area contributed by atoms with E-state index in [2.05, 4.69) is 29.3 Å². The molecule has 102 valence electrons. The maximum absolute atomic E-state index is 12.6. The van der Waals surface area contributed by atoms with Gasteiger partial charge in [0.1, 0.15) is 0 Å². The van der Waals surface area contributed by atoms with Gasteiger partial charge in [0, 0.05) is 17.8 Å². The number of H-pyrrole nitrogens is 1. The van der Waals surface area contributed by atoms with Gasteiger partial charge in [0.2, 0.25) is 0 Å². The molecule has 2 aliphatic rings. The summed E-state index contributed by atoms with van der Waals surface area (Å²) in [5, 5.41) is 7.28. The van der Waals surface area contributed by atoms with Crippen LogP contribution >= 0.6 is 0 Å². The van der Waals surface area contributed by atoms with E-state index in [-0.39, 0.29) is 11.9 Å². The van der Waals surface area contributed by atoms with Crippen molar-refractivity contribution in [3.8, 4) is 0 Å². The van der Waals surface area contributed by atoms with Crippen molar-refractivity contribution >= 4 is 5.91 Å². The fourth-order valence-corrected chi connectivity index (χ4v) is 3.10. The molecular weight excluding hydrogens is 238 g/mol. The standard InChI is InChI=1S/C15H21N3O/c1-2-3-6-11-7-5-10-18(11)15(19)14-12-8-4-9-13(12)16-17-14/h5,7,11H,2-4,6,8-10H2,1H3,(H,16,17)/t11-/m0/s1. The molecule has 1 amide bonds. The molecule has 19 heavy (non-hydrogen) atoms. The maximum Gasteiger partial charge on any atom is 0.275 e. The van der Waals surface area contributed by atoms with Crippen LogP contribution in [0.4, 0.5) is 0 Å². The maximum atomic E-state index is 12.6. The lowest BCUT2D eigenvalue weighted by molar-refractivity contribution is 0.0736. The summed E-state index contributed by atoms with van der Waals surface area (Å²) in [5.41, 5.74) is 2.99. The Hall–Kier alpha value is -1.58. The highest BCUT2D eigenvalue weighted by atomic mass is 16.2. The van der Waals surface area contributed by atoms with E-state index in [0.717, 1.165) is 44.2 Å². The molecule has 2 heterocycles. The van der Waals surface area contributed by atoms with Crippen molar-refractivity contribution in [2.24, 2.45) is 0 Å². The van der Waals surface area contributed by atoms with Gasteiger partial charge in [-0.3, -0.25) is 9.89 Å². The molecule has 0 fully saturated rings. The molecular formula is C15H21N3O. The number of aryl methyl sites for hydroxylation is 1. The summed E-state index contributed by atoms with van der Waals surface area (Å²) in [5.74, 6) is 0.102. The number of unbranched alkanes of at least 4 members (excludes halogenated alkanes) is 1. The number of nitrogens with zero attached hydrogens (tertiary/aromatic N) is 2. The van der Waals surface area contributed by atoms with Crippen molar-refractivity contribution in [1.29, 1.82) is 0 Å². The highest BCUT2D eigenvalue weighted by Crippen LogP contribution is 2.26. The number of hydrogen-bond donors (Lipinski definition) is 1. The first-order valence-corrected chi connectivity index (χ1v) is 7.35. The first-order chi connectivity index (χ1) is 9.31. The van der Waals surface area contributed by atoms with E-state index >= 15 is 0 Å². The molecule has 1 N–H and O–H groups in total. The molecule has 1 aliphatic carbocycles. The largest absolute Gasteiger partial charge is 0.327 e. The van der Waals surface area contributed by atoms with Gasteiger partial charge in [-0.05, 0) is 25.7 Å². The van der Waals surface area contributed by atoms with E-state index in [9.17, 15) is 4.79 Å². The Labute approximate surface area is 113 Å². The Bertz CT molecular complexity index is 503. The summed E-state index contributed by atoms with van der Waals surface area (Å²) in [6.07, 6.45) is 10.8. The van der Waals surface area contributed by atoms with Crippen LogP contribution in [0.25, 0.3) is 0 Å². The third-order valence-electron chi connectivity index (χ3n) is 4.18. The number of aromatic amines is 1. The van der Waals surface area contributed by atoms with Gasteiger partial charge < -0.3 is 4.90 Å². The summed E-state index contributed by atoms with van der Waals surface area (Å²) in [6.45, 7) is 2.92. The second kappa shape index (κ2) is 5.19. The number of aromatic nitrogens is 2. The van der Waals surface area contributed by atoms with E-state index in [0.29, 0.717) is 5.69 Å². The average molecular weight is 259 g/mol. The first kappa shape index (κ1) is 12.5. The minimum absolute atomic E-state index is 0.102. The topological polar surface area (TPSA) is 49.0 Å². The fraction of sp³-hybridized carbons (Fsp3) is 0.600. The van der Waals surface area contributed by atoms with E-state index in [1.54, 1.807) is 0 Å². The molecule has 0 unspecified atom stereocenters. The highest BCUT2D eigenvalue weighted by Gasteiger charge is 2.30. The first-order valence-electron chi connectivity index (χ1n) is 7.35. The van der Waals surface area contributed by atoms with Gasteiger partial charge in [-0.25, -0.2) is 0 Å². The van der Waals surface area contributed by atoms with Crippen LogP contribution < -0.4 is 0 Å². The molecule has 0 bridgehead atoms. The molecule has 0 aromatic carbocycles. The lowest BCUT2D eigenvalue weighted by Crippen LogP contribution is -2.36. The third kappa shape index (κ3) is 2.20. The summed E-state index contributed by atoms with van der Waals surface area (Å²) in [4.78, 5) is 14.6. The Morgan fingerprint density at radius 2 is 2.42 bits per heavy atom. The predicted molar refractivity (Wildman–Crippen MR) is 74.1 cm³/mol. The number of rotatable bonds is 4. The third-order valence-corrected chi connectivity index (χ3v) is 4.18. The van der Waals surface area contributed by atoms with Gasteiger partial charge in [0.05, 0.1) is 6.04 Å². The van der Waals surface area contributed by atoms with E-state index in [4.69, 9.17) is 0 Å². The second-order valence-electron chi connectivity index (χ2n) is 5.48. The quantitative estimate of drug-likeness (QED) is 0.844. The van der Waals surface area contributed by atoms with Crippen molar-refractivity contribution in [3.63, 3.8) is 0 Å². The number of carbonyl (C=O) groups excluding carboxylic acids is 1. The van der Waals surface area contributed by atoms with Gasteiger partial charge >= 0.3 is 0 Å². The molecule has 0 saturated carbocycles. The Morgan fingerprint density at radius 1 is 1.53 bits per heavy atom. The van der Waals surface area contributed by atoms with Crippen LogP contribution in [-0.2, 0) is 12.8 Å². The van der Waals surface area contributed by atoms with Crippen molar-refractivity contribution in [3.05, 3.63) is 29.1 Å². The number of fused-ring (bicyclic) bond motifs is 1. The van der Waals surface area contributed by atoms with Crippen LogP contribution in [0, 0.1) is 0 Å². The number of hydrogen-bond acceptors (Lipinski definition) is 2. The van der Waals surface area contributed by atoms with Crippen molar-refractivity contribution in [1.82, 2.24) is 15.1 Å². The van der Waals surface area contributed by atoms with Crippen LogP contribution in [0.1, 0.15) is 54.4 Å². The monoisotopic (exact) mass is 259 g/mol. The average Bonchev–Trinajstić information content (AvgIpc) is 3.10. The molecule has 0 saturated heterocycles. The molecule has 0 spiro atoms. The molecule has 1 aliphatic heterocycles. The zero-order valence-electron chi connectivity index (χ0n) is 11.5. The van der Waals surface area contributed by atoms with Crippen molar-refractivity contribution in [2.45, 2.75) is 51.5 Å². The van der Waals surface area contributed by atoms with Gasteiger partial charge in [-0.1, -0.05) is 31.9 Å². The van der Waals surface area contributed by atoms with Crippen LogP contribution in [0.15, 0.2) is 12.2 Å². The minimum Gasteiger partial charge on any atom is -0.327 e. The number of amides is 1. The van der Waals surface area contributed by atoms with Gasteiger partial charge in [0.25, 0.3) is 5.91 Å². The van der Waals surface area contributed by atoms with E-state index < -0.39 is 0 Å². The van der Waals surface area contributed by atoms with Crippen molar-refractivity contribution < 1.29 is 4.79 Å². The van der Waals surface area contributed by atoms with E-state index in [1.807, 2.05) is 4.90 Å². The lowest BCUT2D eigenvalue weighted by Gasteiger charge is -2.24. The Balaban J connectivity index is 1.76. The second-order valence-corrected chi connectivity index (χ2v) is 5.48. The lowest BCUT2D eigenvalue weighted by atomic mass is 10.1. The summed E-state index contributed by atoms with van der Waals surface area (Å²) in [7, 11) is 0. The van der Waals surface area contributed by atoms with Crippen LogP contribution in [0.5, 0.6) is 0 Å².